The van der Waals surface area contributed by atoms with Crippen LogP contribution in [-0.2, 0) is 0 Å². The normalized spacial score (nSPS) is 12.8. The zero-order valence-electron chi connectivity index (χ0n) is 14.6. The van der Waals surface area contributed by atoms with E-state index in [1.54, 1.807) is 19.2 Å². The molecular formula is C17H21F3N4O2. The van der Waals surface area contributed by atoms with Crippen LogP contribution in [-0.4, -0.2) is 41.1 Å². The topological polar surface area (TPSA) is 79.3 Å². The number of halogens is 3. The molecule has 0 amide bonds. The van der Waals surface area contributed by atoms with Crippen molar-refractivity contribution >= 4 is 11.8 Å². The molecule has 0 spiro atoms. The van der Waals surface area contributed by atoms with Crippen LogP contribution in [0.5, 0.6) is 5.75 Å². The van der Waals surface area contributed by atoms with Gasteiger partial charge in [0.1, 0.15) is 11.6 Å². The lowest BCUT2D eigenvalue weighted by molar-refractivity contribution is -0.274. The van der Waals surface area contributed by atoms with Crippen molar-refractivity contribution in [1.82, 2.24) is 9.97 Å². The number of benzene rings is 1. The monoisotopic (exact) mass is 370 g/mol. The number of hydrogen-bond acceptors (Lipinski definition) is 6. The third-order valence-corrected chi connectivity index (χ3v) is 3.66. The van der Waals surface area contributed by atoms with E-state index in [1.165, 1.54) is 18.2 Å². The van der Waals surface area contributed by atoms with E-state index in [9.17, 15) is 18.3 Å². The van der Waals surface area contributed by atoms with Crippen LogP contribution in [0, 0.1) is 5.92 Å². The number of nitrogens with zero attached hydrogens (tertiary/aromatic N) is 2. The van der Waals surface area contributed by atoms with Gasteiger partial charge in [-0.15, -0.1) is 13.2 Å². The van der Waals surface area contributed by atoms with Gasteiger partial charge in [-0.1, -0.05) is 26.0 Å². The fourth-order valence-electron chi connectivity index (χ4n) is 2.23. The Morgan fingerprint density at radius 2 is 1.92 bits per heavy atom. The maximum Gasteiger partial charge on any atom is 0.573 e. The van der Waals surface area contributed by atoms with Gasteiger partial charge in [0.15, 0.2) is 0 Å². The van der Waals surface area contributed by atoms with Gasteiger partial charge in [-0.05, 0) is 18.1 Å². The van der Waals surface area contributed by atoms with E-state index in [0.29, 0.717) is 17.1 Å². The molecule has 0 unspecified atom stereocenters. The number of anilines is 2. The fourth-order valence-corrected chi connectivity index (χ4v) is 2.23. The lowest BCUT2D eigenvalue weighted by Gasteiger charge is -2.20. The minimum Gasteiger partial charge on any atom is -0.406 e. The Balaban J connectivity index is 2.37. The molecule has 26 heavy (non-hydrogen) atoms. The summed E-state index contributed by atoms with van der Waals surface area (Å²) in [7, 11) is 1.67. The predicted molar refractivity (Wildman–Crippen MR) is 93.0 cm³/mol. The average molecular weight is 370 g/mol. The van der Waals surface area contributed by atoms with Crippen LogP contribution in [0.25, 0.3) is 11.3 Å². The van der Waals surface area contributed by atoms with Crippen molar-refractivity contribution in [3.8, 4) is 17.0 Å². The third kappa shape index (κ3) is 5.48. The third-order valence-electron chi connectivity index (χ3n) is 3.66. The maximum absolute atomic E-state index is 12.4. The van der Waals surface area contributed by atoms with Crippen molar-refractivity contribution in [3.05, 3.63) is 30.3 Å². The van der Waals surface area contributed by atoms with Crippen LogP contribution in [0.15, 0.2) is 30.3 Å². The molecule has 1 atom stereocenters. The summed E-state index contributed by atoms with van der Waals surface area (Å²) >= 11 is 0. The van der Waals surface area contributed by atoms with Gasteiger partial charge in [-0.25, -0.2) is 4.98 Å². The van der Waals surface area contributed by atoms with E-state index in [0.717, 1.165) is 0 Å². The quantitative estimate of drug-likeness (QED) is 0.692. The van der Waals surface area contributed by atoms with Crippen LogP contribution in [0.1, 0.15) is 13.8 Å². The van der Waals surface area contributed by atoms with E-state index in [1.807, 2.05) is 13.8 Å². The van der Waals surface area contributed by atoms with Gasteiger partial charge in [0.05, 0.1) is 18.3 Å². The maximum atomic E-state index is 12.4. The Bertz CT molecular complexity index is 738. The predicted octanol–water partition coefficient (Wildman–Crippen LogP) is 3.51. The van der Waals surface area contributed by atoms with Crippen molar-refractivity contribution < 1.29 is 23.0 Å². The molecule has 1 aromatic heterocycles. The van der Waals surface area contributed by atoms with Gasteiger partial charge < -0.3 is 20.5 Å². The Labute approximate surface area is 149 Å². The number of ether oxygens (including phenoxy) is 1. The molecule has 0 bridgehead atoms. The molecule has 0 aliphatic rings. The molecule has 0 radical (unpaired) electrons. The minimum absolute atomic E-state index is 0.102. The van der Waals surface area contributed by atoms with Crippen LogP contribution < -0.4 is 15.4 Å². The summed E-state index contributed by atoms with van der Waals surface area (Å²) in [4.78, 5) is 8.62. The first-order valence-corrected chi connectivity index (χ1v) is 8.02. The lowest BCUT2D eigenvalue weighted by atomic mass is 10.1. The zero-order valence-corrected chi connectivity index (χ0v) is 14.6. The molecule has 0 aliphatic carbocycles. The molecule has 6 nitrogen and oxygen atoms in total. The zero-order chi connectivity index (χ0) is 19.3. The van der Waals surface area contributed by atoms with Crippen molar-refractivity contribution in [1.29, 1.82) is 0 Å². The first kappa shape index (κ1) is 19.8. The smallest absolute Gasteiger partial charge is 0.406 e. The largest absolute Gasteiger partial charge is 0.573 e. The highest BCUT2D eigenvalue weighted by Crippen LogP contribution is 2.28. The van der Waals surface area contributed by atoms with Crippen LogP contribution in [0.3, 0.4) is 0 Å². The highest BCUT2D eigenvalue weighted by atomic mass is 19.4. The highest BCUT2D eigenvalue weighted by Gasteiger charge is 2.31. The number of rotatable bonds is 7. The number of alkyl halides is 3. The number of aliphatic hydroxyl groups is 1. The van der Waals surface area contributed by atoms with E-state index < -0.39 is 6.36 Å². The molecule has 1 heterocycles. The van der Waals surface area contributed by atoms with Crippen molar-refractivity contribution in [3.63, 3.8) is 0 Å². The molecule has 2 aromatic rings. The van der Waals surface area contributed by atoms with Crippen molar-refractivity contribution in [2.45, 2.75) is 26.3 Å². The highest BCUT2D eigenvalue weighted by molar-refractivity contribution is 5.65. The van der Waals surface area contributed by atoms with Gasteiger partial charge >= 0.3 is 6.36 Å². The second kappa shape index (κ2) is 8.22. The summed E-state index contributed by atoms with van der Waals surface area (Å²) < 4.78 is 41.2. The van der Waals surface area contributed by atoms with E-state index in [-0.39, 0.29) is 30.3 Å². The molecule has 9 heteroatoms. The Kier molecular flexibility index (Phi) is 6.25. The van der Waals surface area contributed by atoms with Crippen molar-refractivity contribution in [2.75, 3.05) is 24.3 Å². The van der Waals surface area contributed by atoms with Crippen LogP contribution in [0.4, 0.5) is 24.9 Å². The molecule has 0 saturated heterocycles. The Morgan fingerprint density at radius 3 is 2.50 bits per heavy atom. The van der Waals surface area contributed by atoms with E-state index >= 15 is 0 Å². The molecule has 1 aromatic carbocycles. The van der Waals surface area contributed by atoms with Crippen molar-refractivity contribution in [2.24, 2.45) is 5.92 Å². The molecule has 3 N–H and O–H groups in total. The first-order chi connectivity index (χ1) is 12.2. The number of aromatic nitrogens is 2. The summed E-state index contributed by atoms with van der Waals surface area (Å²) in [6.45, 7) is 3.78. The second-order valence-corrected chi connectivity index (χ2v) is 5.97. The fraction of sp³-hybridized carbons (Fsp3) is 0.412. The number of hydrogen-bond donors (Lipinski definition) is 3. The summed E-state index contributed by atoms with van der Waals surface area (Å²) in [5.41, 5.74) is 0.860. The van der Waals surface area contributed by atoms with Gasteiger partial charge in [-0.2, -0.15) is 4.98 Å². The van der Waals surface area contributed by atoms with Gasteiger partial charge in [0.25, 0.3) is 0 Å². The Hall–Kier alpha value is -2.55. The summed E-state index contributed by atoms with van der Waals surface area (Å²) in [6, 6.07) is 6.91. The molecule has 2 rings (SSSR count). The van der Waals surface area contributed by atoms with Crippen LogP contribution >= 0.6 is 0 Å². The molecule has 0 saturated carbocycles. The minimum atomic E-state index is -4.77. The number of nitrogens with one attached hydrogen (secondary N) is 2. The molecule has 0 fully saturated rings. The molecule has 0 aliphatic heterocycles. The SMILES string of the molecule is CNc1cc(-c2cccc(OC(F)(F)F)c2)nc(N[C@@H](CO)C(C)C)n1. The summed E-state index contributed by atoms with van der Waals surface area (Å²) in [5.74, 6) is 0.556. The summed E-state index contributed by atoms with van der Waals surface area (Å²) in [6.07, 6.45) is -4.77. The van der Waals surface area contributed by atoms with Crippen LogP contribution in [0.2, 0.25) is 0 Å². The number of aliphatic hydroxyl groups excluding tert-OH is 1. The standard InChI is InChI=1S/C17H21F3N4O2/c1-10(2)14(9-25)23-16-22-13(8-15(21-3)24-16)11-5-4-6-12(7-11)26-17(18,19)20/h4-8,10,14,25H,9H2,1-3H3,(H2,21,22,23,24)/t14-/m0/s1. The lowest BCUT2D eigenvalue weighted by Crippen LogP contribution is -2.30. The average Bonchev–Trinajstić information content (AvgIpc) is 2.57. The summed E-state index contributed by atoms with van der Waals surface area (Å²) in [5, 5.41) is 15.4. The van der Waals surface area contributed by atoms with E-state index in [2.05, 4.69) is 25.3 Å². The second-order valence-electron chi connectivity index (χ2n) is 5.97. The van der Waals surface area contributed by atoms with E-state index in [4.69, 9.17) is 0 Å². The first-order valence-electron chi connectivity index (χ1n) is 8.02. The van der Waals surface area contributed by atoms with Gasteiger partial charge in [0.2, 0.25) is 5.95 Å². The Morgan fingerprint density at radius 1 is 1.19 bits per heavy atom. The van der Waals surface area contributed by atoms with Gasteiger partial charge in [-0.3, -0.25) is 0 Å². The molecular weight excluding hydrogens is 349 g/mol. The van der Waals surface area contributed by atoms with Gasteiger partial charge in [0, 0.05) is 18.7 Å². The molecule has 142 valence electrons.